The first-order valence-corrected chi connectivity index (χ1v) is 6.48. The minimum absolute atomic E-state index is 0.00217. The summed E-state index contributed by atoms with van der Waals surface area (Å²) in [7, 11) is 0. The third kappa shape index (κ3) is 3.64. The van der Waals surface area contributed by atoms with Gasteiger partial charge in [0.05, 0.1) is 12.4 Å². The van der Waals surface area contributed by atoms with Crippen LogP contribution >= 0.6 is 11.6 Å². The zero-order valence-electron chi connectivity index (χ0n) is 10.6. The van der Waals surface area contributed by atoms with E-state index in [1.807, 2.05) is 0 Å². The van der Waals surface area contributed by atoms with Crippen molar-refractivity contribution in [1.29, 1.82) is 0 Å². The van der Waals surface area contributed by atoms with Crippen LogP contribution in [0, 0.1) is 0 Å². The number of carbonyl (C=O) groups excluding carboxylic acids is 2. The molecule has 1 N–H and O–H groups in total. The van der Waals surface area contributed by atoms with E-state index < -0.39 is 0 Å². The van der Waals surface area contributed by atoms with Crippen LogP contribution < -0.4 is 5.32 Å². The molecule has 1 saturated heterocycles. The molecule has 2 rings (SSSR count). The minimum atomic E-state index is -0.204. The summed E-state index contributed by atoms with van der Waals surface area (Å²) in [5, 5.41) is 3.03. The standard InChI is InChI=1S/C12H15ClN4O2/c1-8(18)15-9-3-2-4-17(7-9)12(19)10-5-14-6-11(13)16-10/h5-6,9H,2-4,7H2,1H3,(H,15,18). The molecule has 2 heterocycles. The number of likely N-dealkylation sites (tertiary alicyclic amines) is 1. The number of nitrogens with zero attached hydrogens (tertiary/aromatic N) is 3. The Bertz CT molecular complexity index is 494. The monoisotopic (exact) mass is 282 g/mol. The number of amides is 2. The van der Waals surface area contributed by atoms with E-state index in [0.29, 0.717) is 13.1 Å². The highest BCUT2D eigenvalue weighted by Gasteiger charge is 2.25. The fraction of sp³-hybridized carbons (Fsp3) is 0.500. The molecule has 2 amide bonds. The van der Waals surface area contributed by atoms with Crippen LogP contribution in [0.15, 0.2) is 12.4 Å². The van der Waals surface area contributed by atoms with E-state index in [9.17, 15) is 9.59 Å². The van der Waals surface area contributed by atoms with E-state index in [1.165, 1.54) is 19.3 Å². The topological polar surface area (TPSA) is 75.2 Å². The first-order valence-electron chi connectivity index (χ1n) is 6.10. The highest BCUT2D eigenvalue weighted by molar-refractivity contribution is 6.29. The summed E-state index contributed by atoms with van der Waals surface area (Å²) in [4.78, 5) is 32.8. The third-order valence-electron chi connectivity index (χ3n) is 2.94. The lowest BCUT2D eigenvalue weighted by Gasteiger charge is -2.32. The fourth-order valence-electron chi connectivity index (χ4n) is 2.17. The van der Waals surface area contributed by atoms with E-state index in [4.69, 9.17) is 11.6 Å². The van der Waals surface area contributed by atoms with Crippen molar-refractivity contribution in [1.82, 2.24) is 20.2 Å². The van der Waals surface area contributed by atoms with Crippen LogP contribution in [-0.2, 0) is 4.79 Å². The summed E-state index contributed by atoms with van der Waals surface area (Å²) in [6, 6.07) is 0.00217. The first kappa shape index (κ1) is 13.7. The number of carbonyl (C=O) groups is 2. The Kier molecular flexibility index (Phi) is 4.31. The Morgan fingerprint density at radius 2 is 2.26 bits per heavy atom. The molecule has 7 heteroatoms. The predicted octanol–water partition coefficient (Wildman–Crippen LogP) is 0.871. The van der Waals surface area contributed by atoms with Crippen LogP contribution in [0.1, 0.15) is 30.3 Å². The van der Waals surface area contributed by atoms with Crippen LogP contribution in [0.3, 0.4) is 0 Å². The number of hydrogen-bond acceptors (Lipinski definition) is 4. The van der Waals surface area contributed by atoms with E-state index in [-0.39, 0.29) is 28.7 Å². The van der Waals surface area contributed by atoms with Crippen molar-refractivity contribution in [2.45, 2.75) is 25.8 Å². The summed E-state index contributed by atoms with van der Waals surface area (Å²) in [6.45, 7) is 2.62. The minimum Gasteiger partial charge on any atom is -0.352 e. The van der Waals surface area contributed by atoms with Crippen LogP contribution in [-0.4, -0.2) is 45.8 Å². The molecule has 6 nitrogen and oxygen atoms in total. The Morgan fingerprint density at radius 1 is 1.47 bits per heavy atom. The highest BCUT2D eigenvalue weighted by Crippen LogP contribution is 2.13. The summed E-state index contributed by atoms with van der Waals surface area (Å²) in [6.07, 6.45) is 4.51. The van der Waals surface area contributed by atoms with Gasteiger partial charge in [0.1, 0.15) is 10.8 Å². The lowest BCUT2D eigenvalue weighted by molar-refractivity contribution is -0.120. The van der Waals surface area contributed by atoms with Gasteiger partial charge in [-0.2, -0.15) is 0 Å². The van der Waals surface area contributed by atoms with Crippen molar-refractivity contribution >= 4 is 23.4 Å². The molecule has 1 aliphatic rings. The summed E-state index contributed by atoms with van der Waals surface area (Å²) >= 11 is 5.72. The Balaban J connectivity index is 2.04. The molecule has 0 aromatic carbocycles. The van der Waals surface area contributed by atoms with Crippen LogP contribution in [0.2, 0.25) is 5.15 Å². The maximum Gasteiger partial charge on any atom is 0.274 e. The molecule has 0 aliphatic carbocycles. The van der Waals surface area contributed by atoms with Gasteiger partial charge in [-0.15, -0.1) is 0 Å². The second-order valence-corrected chi connectivity index (χ2v) is 4.91. The van der Waals surface area contributed by atoms with Gasteiger partial charge in [-0.1, -0.05) is 11.6 Å². The SMILES string of the molecule is CC(=O)NC1CCCN(C(=O)c2cncc(Cl)n2)C1. The number of hydrogen-bond donors (Lipinski definition) is 1. The zero-order chi connectivity index (χ0) is 13.8. The second-order valence-electron chi connectivity index (χ2n) is 4.52. The second kappa shape index (κ2) is 5.97. The van der Waals surface area contributed by atoms with Crippen molar-refractivity contribution in [3.8, 4) is 0 Å². The number of rotatable bonds is 2. The molecule has 1 atom stereocenters. The number of aromatic nitrogens is 2. The summed E-state index contributed by atoms with van der Waals surface area (Å²) in [5.41, 5.74) is 0.232. The van der Waals surface area contributed by atoms with E-state index in [2.05, 4.69) is 15.3 Å². The van der Waals surface area contributed by atoms with Crippen molar-refractivity contribution < 1.29 is 9.59 Å². The van der Waals surface area contributed by atoms with Gasteiger partial charge in [-0.25, -0.2) is 4.98 Å². The molecule has 1 unspecified atom stereocenters. The molecule has 102 valence electrons. The maximum absolute atomic E-state index is 12.2. The molecule has 1 aromatic rings. The van der Waals surface area contributed by atoms with Gasteiger partial charge in [-0.3, -0.25) is 14.6 Å². The summed E-state index contributed by atoms with van der Waals surface area (Å²) < 4.78 is 0. The van der Waals surface area contributed by atoms with Crippen molar-refractivity contribution in [2.75, 3.05) is 13.1 Å². The van der Waals surface area contributed by atoms with Crippen LogP contribution in [0.4, 0.5) is 0 Å². The lowest BCUT2D eigenvalue weighted by Crippen LogP contribution is -2.49. The molecule has 0 radical (unpaired) electrons. The fourth-order valence-corrected chi connectivity index (χ4v) is 2.32. The highest BCUT2D eigenvalue weighted by atomic mass is 35.5. The van der Waals surface area contributed by atoms with Gasteiger partial charge in [0.15, 0.2) is 0 Å². The van der Waals surface area contributed by atoms with Gasteiger partial charge in [0, 0.05) is 26.1 Å². The Morgan fingerprint density at radius 3 is 2.95 bits per heavy atom. The summed E-state index contributed by atoms with van der Waals surface area (Å²) in [5.74, 6) is -0.285. The van der Waals surface area contributed by atoms with Gasteiger partial charge in [-0.05, 0) is 12.8 Å². The average Bonchev–Trinajstić information content (AvgIpc) is 2.37. The van der Waals surface area contributed by atoms with E-state index in [0.717, 1.165) is 12.8 Å². The van der Waals surface area contributed by atoms with Crippen molar-refractivity contribution in [3.05, 3.63) is 23.2 Å². The largest absolute Gasteiger partial charge is 0.352 e. The Hall–Kier alpha value is -1.69. The molecule has 19 heavy (non-hydrogen) atoms. The van der Waals surface area contributed by atoms with E-state index >= 15 is 0 Å². The maximum atomic E-state index is 12.2. The predicted molar refractivity (Wildman–Crippen MR) is 69.8 cm³/mol. The van der Waals surface area contributed by atoms with Crippen molar-refractivity contribution in [2.24, 2.45) is 0 Å². The number of nitrogens with one attached hydrogen (secondary N) is 1. The van der Waals surface area contributed by atoms with Gasteiger partial charge >= 0.3 is 0 Å². The molecule has 0 bridgehead atoms. The lowest BCUT2D eigenvalue weighted by atomic mass is 10.1. The van der Waals surface area contributed by atoms with Gasteiger partial charge in [0.25, 0.3) is 5.91 Å². The Labute approximate surface area is 116 Å². The van der Waals surface area contributed by atoms with Gasteiger partial charge < -0.3 is 10.2 Å². The van der Waals surface area contributed by atoms with E-state index in [1.54, 1.807) is 4.90 Å². The molecule has 1 aliphatic heterocycles. The quantitative estimate of drug-likeness (QED) is 0.873. The molecular formula is C12H15ClN4O2. The molecular weight excluding hydrogens is 268 g/mol. The van der Waals surface area contributed by atoms with Gasteiger partial charge in [0.2, 0.25) is 5.91 Å². The van der Waals surface area contributed by atoms with Crippen LogP contribution in [0.5, 0.6) is 0 Å². The van der Waals surface area contributed by atoms with Crippen molar-refractivity contribution in [3.63, 3.8) is 0 Å². The number of halogens is 1. The molecule has 1 fully saturated rings. The molecule has 0 spiro atoms. The first-order chi connectivity index (χ1) is 9.06. The number of piperidine rings is 1. The smallest absolute Gasteiger partial charge is 0.274 e. The normalized spacial score (nSPS) is 19.1. The zero-order valence-corrected chi connectivity index (χ0v) is 11.4. The molecule has 0 saturated carbocycles. The molecule has 1 aromatic heterocycles. The average molecular weight is 283 g/mol. The third-order valence-corrected chi connectivity index (χ3v) is 3.12. The van der Waals surface area contributed by atoms with Crippen LogP contribution in [0.25, 0.3) is 0 Å².